The lowest BCUT2D eigenvalue weighted by Gasteiger charge is -2.14. The van der Waals surface area contributed by atoms with Gasteiger partial charge in [0.05, 0.1) is 16.7 Å². The van der Waals surface area contributed by atoms with Gasteiger partial charge in [-0.25, -0.2) is 0 Å². The third-order valence-corrected chi connectivity index (χ3v) is 5.36. The van der Waals surface area contributed by atoms with E-state index in [-0.39, 0.29) is 11.8 Å². The molecule has 0 aliphatic carbocycles. The summed E-state index contributed by atoms with van der Waals surface area (Å²) in [6.07, 6.45) is 1.16. The minimum atomic E-state index is -0.480. The second kappa shape index (κ2) is 6.22. The molecule has 3 rings (SSSR count). The molecule has 5 nitrogen and oxygen atoms in total. The maximum atomic E-state index is 12.5. The average molecular weight is 319 g/mol. The van der Waals surface area contributed by atoms with E-state index >= 15 is 0 Å². The lowest BCUT2D eigenvalue weighted by atomic mass is 10.0. The molecule has 0 aromatic carbocycles. The van der Waals surface area contributed by atoms with E-state index in [1.54, 1.807) is 16.2 Å². The van der Waals surface area contributed by atoms with Crippen molar-refractivity contribution in [3.63, 3.8) is 0 Å². The SMILES string of the molecule is CCc1ccc(C(=O)N2C[C@@H](Cc3cc(C)[nH]n3)[C@H](O)C2)s1. The fourth-order valence-electron chi connectivity index (χ4n) is 2.91. The molecule has 0 unspecified atom stereocenters. The van der Waals surface area contributed by atoms with Gasteiger partial charge in [0.2, 0.25) is 0 Å². The highest BCUT2D eigenvalue weighted by Gasteiger charge is 2.35. The van der Waals surface area contributed by atoms with Gasteiger partial charge in [0, 0.05) is 29.6 Å². The third-order valence-electron chi connectivity index (χ3n) is 4.14. The van der Waals surface area contributed by atoms with E-state index in [9.17, 15) is 9.90 Å². The maximum absolute atomic E-state index is 12.5. The molecule has 1 aliphatic heterocycles. The summed E-state index contributed by atoms with van der Waals surface area (Å²) in [6.45, 7) is 5.04. The second-order valence-corrected chi connectivity index (χ2v) is 7.07. The number of carbonyl (C=O) groups is 1. The van der Waals surface area contributed by atoms with Crippen molar-refractivity contribution in [1.29, 1.82) is 0 Å². The molecule has 2 aromatic rings. The Morgan fingerprint density at radius 2 is 2.32 bits per heavy atom. The smallest absolute Gasteiger partial charge is 0.264 e. The molecule has 0 radical (unpaired) electrons. The number of β-amino-alcohol motifs (C(OH)–C–C–N with tert-alkyl or cyclic N) is 1. The van der Waals surface area contributed by atoms with Gasteiger partial charge in [0.1, 0.15) is 0 Å². The van der Waals surface area contributed by atoms with Gasteiger partial charge in [-0.1, -0.05) is 6.92 Å². The van der Waals surface area contributed by atoms with E-state index in [4.69, 9.17) is 0 Å². The van der Waals surface area contributed by atoms with Crippen LogP contribution in [0.25, 0.3) is 0 Å². The van der Waals surface area contributed by atoms with E-state index in [0.29, 0.717) is 19.5 Å². The maximum Gasteiger partial charge on any atom is 0.264 e. The van der Waals surface area contributed by atoms with E-state index < -0.39 is 6.10 Å². The zero-order chi connectivity index (χ0) is 15.7. The van der Waals surface area contributed by atoms with Gasteiger partial charge in [-0.15, -0.1) is 11.3 Å². The van der Waals surface area contributed by atoms with Crippen LogP contribution in [-0.2, 0) is 12.8 Å². The minimum absolute atomic E-state index is 0.0319. The molecular weight excluding hydrogens is 298 g/mol. The Kier molecular flexibility index (Phi) is 4.31. The average Bonchev–Trinajstić information content (AvgIpc) is 3.20. The first kappa shape index (κ1) is 15.2. The van der Waals surface area contributed by atoms with Crippen molar-refractivity contribution < 1.29 is 9.90 Å². The number of aryl methyl sites for hydroxylation is 2. The monoisotopic (exact) mass is 319 g/mol. The van der Waals surface area contributed by atoms with E-state index in [2.05, 4.69) is 17.1 Å². The fourth-order valence-corrected chi connectivity index (χ4v) is 3.82. The standard InChI is InChI=1S/C16H21N3O2S/c1-3-13-4-5-15(22-13)16(21)19-8-11(14(20)9-19)7-12-6-10(2)17-18-12/h4-6,11,14,20H,3,7-9H2,1-2H3,(H,17,18)/t11-,14-/m1/s1. The van der Waals surface area contributed by atoms with Gasteiger partial charge >= 0.3 is 0 Å². The molecule has 2 aromatic heterocycles. The number of aliphatic hydroxyl groups excluding tert-OH is 1. The van der Waals surface area contributed by atoms with Crippen LogP contribution in [0.3, 0.4) is 0 Å². The van der Waals surface area contributed by atoms with Crippen molar-refractivity contribution >= 4 is 17.2 Å². The summed E-state index contributed by atoms with van der Waals surface area (Å²) in [7, 11) is 0. The number of nitrogens with zero attached hydrogens (tertiary/aromatic N) is 2. The van der Waals surface area contributed by atoms with Gasteiger partial charge in [0.25, 0.3) is 5.91 Å². The number of amides is 1. The molecule has 1 aliphatic rings. The van der Waals surface area contributed by atoms with Crippen LogP contribution in [0, 0.1) is 12.8 Å². The van der Waals surface area contributed by atoms with Crippen LogP contribution in [0.5, 0.6) is 0 Å². The van der Waals surface area contributed by atoms with Gasteiger partial charge in [-0.2, -0.15) is 5.10 Å². The van der Waals surface area contributed by atoms with Crippen molar-refractivity contribution in [1.82, 2.24) is 15.1 Å². The third kappa shape index (κ3) is 3.08. The summed E-state index contributed by atoms with van der Waals surface area (Å²) in [5.41, 5.74) is 1.96. The Hall–Kier alpha value is -1.66. The number of hydrogen-bond donors (Lipinski definition) is 2. The first-order valence-electron chi connectivity index (χ1n) is 7.63. The van der Waals surface area contributed by atoms with E-state index in [0.717, 1.165) is 22.7 Å². The zero-order valence-corrected chi connectivity index (χ0v) is 13.7. The number of nitrogens with one attached hydrogen (secondary N) is 1. The van der Waals surface area contributed by atoms with Gasteiger partial charge in [-0.05, 0) is 38.0 Å². The predicted octanol–water partition coefficient (Wildman–Crippen LogP) is 2.02. The lowest BCUT2D eigenvalue weighted by molar-refractivity contribution is 0.0769. The van der Waals surface area contributed by atoms with E-state index in [1.807, 2.05) is 25.1 Å². The minimum Gasteiger partial charge on any atom is -0.391 e. The fraction of sp³-hybridized carbons (Fsp3) is 0.500. The lowest BCUT2D eigenvalue weighted by Crippen LogP contribution is -2.28. The molecule has 2 N–H and O–H groups in total. The Morgan fingerprint density at radius 3 is 2.95 bits per heavy atom. The number of aromatic amines is 1. The second-order valence-electron chi connectivity index (χ2n) is 5.90. The molecule has 1 saturated heterocycles. The number of aliphatic hydroxyl groups is 1. The number of rotatable bonds is 4. The van der Waals surface area contributed by atoms with Crippen LogP contribution in [0.4, 0.5) is 0 Å². The molecular formula is C16H21N3O2S. The molecule has 22 heavy (non-hydrogen) atoms. The molecule has 3 heterocycles. The van der Waals surface area contributed by atoms with Crippen LogP contribution < -0.4 is 0 Å². The molecule has 0 saturated carbocycles. The molecule has 0 spiro atoms. The highest BCUT2D eigenvalue weighted by molar-refractivity contribution is 7.14. The number of H-pyrrole nitrogens is 1. The van der Waals surface area contributed by atoms with Crippen LogP contribution in [0.2, 0.25) is 0 Å². The van der Waals surface area contributed by atoms with Crippen LogP contribution >= 0.6 is 11.3 Å². The summed E-state index contributed by atoms with van der Waals surface area (Å²) in [5, 5.41) is 17.4. The normalized spacial score (nSPS) is 21.5. The molecule has 118 valence electrons. The highest BCUT2D eigenvalue weighted by Crippen LogP contribution is 2.25. The molecule has 2 atom stereocenters. The Morgan fingerprint density at radius 1 is 1.50 bits per heavy atom. The van der Waals surface area contributed by atoms with Crippen molar-refractivity contribution in [2.45, 2.75) is 32.8 Å². The number of carbonyl (C=O) groups excluding carboxylic acids is 1. The molecule has 1 amide bonds. The first-order valence-corrected chi connectivity index (χ1v) is 8.45. The van der Waals surface area contributed by atoms with Crippen molar-refractivity contribution in [3.8, 4) is 0 Å². The van der Waals surface area contributed by atoms with E-state index in [1.165, 1.54) is 4.88 Å². The van der Waals surface area contributed by atoms with Crippen LogP contribution in [0.1, 0.15) is 32.9 Å². The largest absolute Gasteiger partial charge is 0.391 e. The van der Waals surface area contributed by atoms with Gasteiger partial charge in [0.15, 0.2) is 0 Å². The van der Waals surface area contributed by atoms with Crippen molar-refractivity contribution in [2.75, 3.05) is 13.1 Å². The summed E-state index contributed by atoms with van der Waals surface area (Å²) in [5.74, 6) is 0.0849. The Bertz CT molecular complexity index is 664. The van der Waals surface area contributed by atoms with Crippen molar-refractivity contribution in [3.05, 3.63) is 39.3 Å². The molecule has 0 bridgehead atoms. The predicted molar refractivity (Wildman–Crippen MR) is 86.1 cm³/mol. The summed E-state index contributed by atoms with van der Waals surface area (Å²) >= 11 is 1.55. The number of likely N-dealkylation sites (tertiary alicyclic amines) is 1. The summed E-state index contributed by atoms with van der Waals surface area (Å²) in [6, 6.07) is 5.89. The highest BCUT2D eigenvalue weighted by atomic mass is 32.1. The topological polar surface area (TPSA) is 69.2 Å². The zero-order valence-electron chi connectivity index (χ0n) is 12.9. The first-order chi connectivity index (χ1) is 10.6. The number of thiophene rings is 1. The Balaban J connectivity index is 1.65. The summed E-state index contributed by atoms with van der Waals surface area (Å²) in [4.78, 5) is 16.3. The van der Waals surface area contributed by atoms with Crippen molar-refractivity contribution in [2.24, 2.45) is 5.92 Å². The van der Waals surface area contributed by atoms with Gasteiger partial charge in [-0.3, -0.25) is 9.89 Å². The molecule has 1 fully saturated rings. The Labute approximate surface area is 134 Å². The number of aromatic nitrogens is 2. The quantitative estimate of drug-likeness (QED) is 0.906. The van der Waals surface area contributed by atoms with Crippen LogP contribution in [-0.4, -0.2) is 45.3 Å². The summed E-state index contributed by atoms with van der Waals surface area (Å²) < 4.78 is 0. The van der Waals surface area contributed by atoms with Crippen LogP contribution in [0.15, 0.2) is 18.2 Å². The molecule has 6 heteroatoms. The number of hydrogen-bond acceptors (Lipinski definition) is 4. The van der Waals surface area contributed by atoms with Gasteiger partial charge < -0.3 is 10.0 Å².